The zero-order valence-electron chi connectivity index (χ0n) is 48.8. The third-order valence-electron chi connectivity index (χ3n) is 15.4. The van der Waals surface area contributed by atoms with Crippen molar-refractivity contribution in [1.82, 2.24) is 20.9 Å². The van der Waals surface area contributed by atoms with E-state index in [-0.39, 0.29) is 76.9 Å². The van der Waals surface area contributed by atoms with Crippen LogP contribution in [-0.2, 0) is 50.8 Å². The Balaban J connectivity index is 0.000000221. The number of amides is 3. The van der Waals surface area contributed by atoms with Crippen molar-refractivity contribution < 1.29 is 92.7 Å². The van der Waals surface area contributed by atoms with Gasteiger partial charge in [-0.25, -0.2) is 25.6 Å². The molecule has 4 N–H and O–H groups in total. The number of furan rings is 4. The molecule has 3 amide bonds. The van der Waals surface area contributed by atoms with Crippen molar-refractivity contribution in [3.63, 3.8) is 0 Å². The van der Waals surface area contributed by atoms with Crippen LogP contribution in [0.4, 0.5) is 20.2 Å². The molecule has 0 radical (unpaired) electrons. The number of nitrogens with zero attached hydrogens (tertiary/aromatic N) is 3. The Morgan fingerprint density at radius 1 is 0.568 bits per heavy atom. The van der Waals surface area contributed by atoms with Crippen LogP contribution in [0.3, 0.4) is 0 Å². The van der Waals surface area contributed by atoms with Gasteiger partial charge in [-0.15, -0.1) is 0 Å². The third kappa shape index (κ3) is 13.0. The largest absolute Gasteiger partial charge is 1.00 e. The minimum Gasteiger partial charge on any atom is -0.870 e. The molecule has 10 aromatic rings. The molecule has 4 aromatic heterocycles. The number of halogens is 2. The number of nitrogens with one attached hydrogen (secondary N) is 3. The van der Waals surface area contributed by atoms with Gasteiger partial charge in [0.25, 0.3) is 11.8 Å². The summed E-state index contributed by atoms with van der Waals surface area (Å²) in [5, 5.41) is 9.62. The summed E-state index contributed by atoms with van der Waals surface area (Å²) in [6.45, 7) is 4.23. The normalized spacial score (nSPS) is 12.8. The van der Waals surface area contributed by atoms with Gasteiger partial charge in [0.05, 0.1) is 35.0 Å². The standard InChI is InChI=1S/C33H30FN3O6S.C31H28FN3O5S.CH4.Na.H2O/c1-19(38)37-13-12-28-23(18-37)15-29(42-28)22-7-5-6-21(14-22)25-16-26-30(17-27(25)36(3)44(4,40)41)43-32(31(26)33(39)35-2)20-8-10-24(34)11-9-20;1-33-31(36)29-24-15-23(19-5-4-6-20(13-19)27-14-21-17-34-12-11-26(21)39-27)25(35(2)41(3,37)38)16-28(24)40-30(29)18-7-9-22(32)10-8-18;;;/h5-11,14-17H,12-13,18H2,1-4H3,(H,35,39);4-10,13-16,34H,11-12,17H2,1-3H3,(H,33,36);1H4;;1H2/q;;;+1;/p-1. The van der Waals surface area contributed by atoms with Gasteiger partial charge in [0.15, 0.2) is 0 Å². The maximum atomic E-state index is 13.7. The number of hydrogen-bond donors (Lipinski definition) is 3. The average Bonchev–Trinajstić information content (AvgIpc) is 1.64. The van der Waals surface area contributed by atoms with Crippen LogP contribution in [0.5, 0.6) is 0 Å². The maximum absolute atomic E-state index is 13.7. The number of fused-ring (bicyclic) bond motifs is 4. The van der Waals surface area contributed by atoms with Gasteiger partial charge in [0, 0.05) is 142 Å². The fourth-order valence-corrected chi connectivity index (χ4v) is 11.8. The van der Waals surface area contributed by atoms with E-state index in [2.05, 4.69) is 16.0 Å². The first-order valence-electron chi connectivity index (χ1n) is 27.0. The Labute approximate surface area is 530 Å². The summed E-state index contributed by atoms with van der Waals surface area (Å²) in [6, 6.07) is 37.1. The van der Waals surface area contributed by atoms with E-state index in [0.29, 0.717) is 86.4 Å². The number of carbonyl (C=O) groups excluding carboxylic acids is 3. The predicted octanol–water partition coefficient (Wildman–Crippen LogP) is 8.86. The molecule has 0 unspecified atom stereocenters. The van der Waals surface area contributed by atoms with Crippen LogP contribution >= 0.6 is 0 Å². The summed E-state index contributed by atoms with van der Waals surface area (Å²) in [5.41, 5.74) is 9.08. The van der Waals surface area contributed by atoms with E-state index < -0.39 is 37.6 Å². The van der Waals surface area contributed by atoms with Crippen LogP contribution in [0.2, 0.25) is 0 Å². The van der Waals surface area contributed by atoms with E-state index in [0.717, 1.165) is 81.4 Å². The predicted molar refractivity (Wildman–Crippen MR) is 332 cm³/mol. The summed E-state index contributed by atoms with van der Waals surface area (Å²) >= 11 is 0. The van der Waals surface area contributed by atoms with E-state index in [1.165, 1.54) is 81.0 Å². The van der Waals surface area contributed by atoms with Crippen molar-refractivity contribution in [2.24, 2.45) is 0 Å². The van der Waals surface area contributed by atoms with Crippen molar-refractivity contribution in [3.05, 3.63) is 179 Å². The molecule has 0 fully saturated rings. The van der Waals surface area contributed by atoms with Gasteiger partial charge in [0.2, 0.25) is 26.0 Å². The molecule has 0 atom stereocenters. The number of rotatable bonds is 12. The van der Waals surface area contributed by atoms with E-state index in [4.69, 9.17) is 17.7 Å². The number of sulfonamides is 2. The quantitative estimate of drug-likeness (QED) is 0.0969. The van der Waals surface area contributed by atoms with Gasteiger partial charge in [-0.05, 0) is 96.1 Å². The number of carbonyl (C=O) groups is 3. The third-order valence-corrected chi connectivity index (χ3v) is 17.8. The van der Waals surface area contributed by atoms with Crippen molar-refractivity contribution in [2.45, 2.75) is 40.3 Å². The molecular formula is C65H63F2N6NaO12S2. The van der Waals surface area contributed by atoms with Crippen molar-refractivity contribution >= 4 is 71.1 Å². The Kier molecular flexibility index (Phi) is 19.5. The first kappa shape index (κ1) is 65.6. The monoisotopic (exact) mass is 1240 g/mol. The summed E-state index contributed by atoms with van der Waals surface area (Å²) in [4.78, 5) is 40.0. The Morgan fingerprint density at radius 2 is 0.989 bits per heavy atom. The molecule has 0 bridgehead atoms. The Morgan fingerprint density at radius 3 is 1.40 bits per heavy atom. The number of anilines is 2. The summed E-state index contributed by atoms with van der Waals surface area (Å²) in [7, 11) is -1.40. The minimum atomic E-state index is -3.69. The van der Waals surface area contributed by atoms with Crippen LogP contribution in [0.25, 0.3) is 89.5 Å². The van der Waals surface area contributed by atoms with Gasteiger partial charge in [-0.3, -0.25) is 23.0 Å². The van der Waals surface area contributed by atoms with Crippen LogP contribution in [-0.4, -0.2) is 98.7 Å². The smallest absolute Gasteiger partial charge is 0.870 e. The zero-order valence-corrected chi connectivity index (χ0v) is 52.4. The van der Waals surface area contributed by atoms with E-state index in [1.807, 2.05) is 60.7 Å². The molecule has 452 valence electrons. The first-order chi connectivity index (χ1) is 40.6. The molecular weight excluding hydrogens is 1180 g/mol. The number of benzene rings is 6. The molecule has 0 aliphatic carbocycles. The molecule has 12 rings (SSSR count). The van der Waals surface area contributed by atoms with Gasteiger partial charge in [-0.1, -0.05) is 43.8 Å². The summed E-state index contributed by atoms with van der Waals surface area (Å²) in [6.07, 6.45) is 3.67. The minimum absolute atomic E-state index is 0. The molecule has 2 aliphatic heterocycles. The molecule has 6 heterocycles. The second-order valence-corrected chi connectivity index (χ2v) is 24.9. The Hall–Kier alpha value is -8.35. The van der Waals surface area contributed by atoms with Crippen LogP contribution in [0, 0.1) is 11.6 Å². The fourth-order valence-electron chi connectivity index (χ4n) is 10.7. The van der Waals surface area contributed by atoms with E-state index in [9.17, 15) is 40.0 Å². The molecule has 2 aliphatic rings. The van der Waals surface area contributed by atoms with Crippen LogP contribution in [0.15, 0.2) is 151 Å². The molecule has 88 heavy (non-hydrogen) atoms. The van der Waals surface area contributed by atoms with Crippen molar-refractivity contribution in [1.29, 1.82) is 0 Å². The molecule has 18 nitrogen and oxygen atoms in total. The van der Waals surface area contributed by atoms with Crippen molar-refractivity contribution in [2.75, 3.05) is 62.4 Å². The van der Waals surface area contributed by atoms with Crippen molar-refractivity contribution in [3.8, 4) is 67.5 Å². The Bertz CT molecular complexity index is 4520. The van der Waals surface area contributed by atoms with Crippen LogP contribution in [0.1, 0.15) is 57.7 Å². The molecule has 0 saturated carbocycles. The second-order valence-electron chi connectivity index (χ2n) is 20.9. The molecule has 0 saturated heterocycles. The van der Waals surface area contributed by atoms with Gasteiger partial charge >= 0.3 is 29.6 Å². The fraction of sp³-hybridized carbons (Fsp3) is 0.215. The zero-order chi connectivity index (χ0) is 60.2. The first-order valence-corrected chi connectivity index (χ1v) is 30.7. The van der Waals surface area contributed by atoms with E-state index >= 15 is 0 Å². The molecule has 6 aromatic carbocycles. The topological polar surface area (TPSA) is 248 Å². The number of hydrogen-bond acceptors (Lipinski definition) is 13. The maximum Gasteiger partial charge on any atom is 1.00 e. The van der Waals surface area contributed by atoms with E-state index in [1.54, 1.807) is 36.1 Å². The second kappa shape index (κ2) is 26.2. The summed E-state index contributed by atoms with van der Waals surface area (Å²) in [5.74, 6) is 2.02. The van der Waals surface area contributed by atoms with Crippen LogP contribution < -0.4 is 54.1 Å². The molecule has 23 heteroatoms. The summed E-state index contributed by atoms with van der Waals surface area (Å²) < 4.78 is 105. The van der Waals surface area contributed by atoms with Gasteiger partial charge in [-0.2, -0.15) is 0 Å². The SMILES string of the molecule is C.CNC(=O)c1c(-c2ccc(F)cc2)oc2cc(N(C)S(C)(=O)=O)c(-c3cccc(-c4cc5c(o4)CCN(C(C)=O)C5)c3)cc12.CNC(=O)c1c(-c2ccc(F)cc2)oc2cc(N(C)S(C)(=O)=O)c(-c3cccc(-c4cc5c(o4)CCNC5)c3)cc12.[Na+].[OH-]. The van der Waals surface area contributed by atoms with Gasteiger partial charge < -0.3 is 44.0 Å². The average molecular weight is 1250 g/mol. The van der Waals surface area contributed by atoms with Gasteiger partial charge in [0.1, 0.15) is 57.4 Å². The molecule has 0 spiro atoms.